The van der Waals surface area contributed by atoms with Crippen LogP contribution in [0.1, 0.15) is 18.4 Å². The van der Waals surface area contributed by atoms with Crippen LogP contribution in [0.4, 0.5) is 4.79 Å². The van der Waals surface area contributed by atoms with Gasteiger partial charge in [0.15, 0.2) is 0 Å². The maximum Gasteiger partial charge on any atom is 0.410 e. The van der Waals surface area contributed by atoms with E-state index in [1.165, 1.54) is 0 Å². The molecule has 2 fully saturated rings. The van der Waals surface area contributed by atoms with E-state index in [0.717, 1.165) is 24.9 Å². The third-order valence-electron chi connectivity index (χ3n) is 4.69. The van der Waals surface area contributed by atoms with E-state index in [2.05, 4.69) is 5.32 Å². The Labute approximate surface area is 124 Å². The van der Waals surface area contributed by atoms with Gasteiger partial charge < -0.3 is 20.1 Å². The molecule has 2 atom stereocenters. The predicted molar refractivity (Wildman–Crippen MR) is 78.7 cm³/mol. The maximum absolute atomic E-state index is 12.2. The molecule has 114 valence electrons. The first-order chi connectivity index (χ1) is 10.2. The summed E-state index contributed by atoms with van der Waals surface area (Å²) in [5, 5.41) is 13.4. The van der Waals surface area contributed by atoms with E-state index in [1.807, 2.05) is 30.3 Å². The van der Waals surface area contributed by atoms with Crippen molar-refractivity contribution in [2.75, 3.05) is 26.2 Å². The van der Waals surface area contributed by atoms with Crippen LogP contribution in [0.2, 0.25) is 0 Å². The number of aliphatic hydroxyl groups is 1. The molecule has 2 unspecified atom stereocenters. The van der Waals surface area contributed by atoms with E-state index < -0.39 is 0 Å². The summed E-state index contributed by atoms with van der Waals surface area (Å²) in [6, 6.07) is 9.68. The number of benzene rings is 1. The Morgan fingerprint density at radius 3 is 2.95 bits per heavy atom. The molecule has 2 saturated heterocycles. The van der Waals surface area contributed by atoms with Crippen molar-refractivity contribution in [3.05, 3.63) is 35.9 Å². The molecule has 0 radical (unpaired) electrons. The van der Waals surface area contributed by atoms with Gasteiger partial charge in [-0.05, 0) is 24.9 Å². The number of aliphatic hydroxyl groups excluding tert-OH is 1. The number of nitrogens with zero attached hydrogens (tertiary/aromatic N) is 1. The fraction of sp³-hybridized carbons (Fsp3) is 0.562. The average molecular weight is 290 g/mol. The molecule has 21 heavy (non-hydrogen) atoms. The summed E-state index contributed by atoms with van der Waals surface area (Å²) in [6.45, 7) is 3.10. The zero-order chi connectivity index (χ0) is 14.7. The Morgan fingerprint density at radius 1 is 1.38 bits per heavy atom. The first kappa shape index (κ1) is 14.4. The van der Waals surface area contributed by atoms with Gasteiger partial charge in [-0.25, -0.2) is 4.79 Å². The molecule has 0 aliphatic carbocycles. The number of likely N-dealkylation sites (tertiary alicyclic amines) is 1. The Hall–Kier alpha value is -1.59. The standard InChI is InChI=1S/C16H22N2O3/c19-14-10-17-8-6-16(14)7-9-18(12-16)15(20)21-11-13-4-2-1-3-5-13/h1-5,14,17,19H,6-12H2. The summed E-state index contributed by atoms with van der Waals surface area (Å²) < 4.78 is 5.37. The van der Waals surface area contributed by atoms with Gasteiger partial charge in [0, 0.05) is 25.0 Å². The summed E-state index contributed by atoms with van der Waals surface area (Å²) in [6.07, 6.45) is 1.12. The van der Waals surface area contributed by atoms with Crippen LogP contribution in [0.25, 0.3) is 0 Å². The Morgan fingerprint density at radius 2 is 2.19 bits per heavy atom. The maximum atomic E-state index is 12.2. The molecule has 2 aliphatic heterocycles. The van der Waals surface area contributed by atoms with Crippen molar-refractivity contribution < 1.29 is 14.6 Å². The number of carbonyl (C=O) groups excluding carboxylic acids is 1. The van der Waals surface area contributed by atoms with Crippen LogP contribution in [-0.4, -0.2) is 48.4 Å². The number of carbonyl (C=O) groups is 1. The molecule has 0 saturated carbocycles. The minimum atomic E-state index is -0.377. The first-order valence-electron chi connectivity index (χ1n) is 7.54. The smallest absolute Gasteiger partial charge is 0.410 e. The van der Waals surface area contributed by atoms with E-state index >= 15 is 0 Å². The molecule has 5 nitrogen and oxygen atoms in total. The highest BCUT2D eigenvalue weighted by atomic mass is 16.6. The average Bonchev–Trinajstić information content (AvgIpc) is 2.94. The van der Waals surface area contributed by atoms with Gasteiger partial charge >= 0.3 is 6.09 Å². The van der Waals surface area contributed by atoms with Crippen molar-refractivity contribution in [1.82, 2.24) is 10.2 Å². The van der Waals surface area contributed by atoms with Crippen LogP contribution in [0.3, 0.4) is 0 Å². The van der Waals surface area contributed by atoms with Crippen molar-refractivity contribution in [2.24, 2.45) is 5.41 Å². The van der Waals surface area contributed by atoms with Crippen molar-refractivity contribution in [3.63, 3.8) is 0 Å². The highest BCUT2D eigenvalue weighted by Gasteiger charge is 2.46. The van der Waals surface area contributed by atoms with Crippen LogP contribution in [0, 0.1) is 5.41 Å². The molecule has 1 aromatic carbocycles. The zero-order valence-corrected chi connectivity index (χ0v) is 12.1. The van der Waals surface area contributed by atoms with Crippen LogP contribution in [-0.2, 0) is 11.3 Å². The molecule has 0 aromatic heterocycles. The second-order valence-corrected chi connectivity index (χ2v) is 6.04. The number of amides is 1. The number of nitrogens with one attached hydrogen (secondary N) is 1. The van der Waals surface area contributed by atoms with Gasteiger partial charge in [0.2, 0.25) is 0 Å². The van der Waals surface area contributed by atoms with Crippen LogP contribution < -0.4 is 5.32 Å². The van der Waals surface area contributed by atoms with Gasteiger partial charge in [-0.1, -0.05) is 30.3 Å². The number of piperidine rings is 1. The Balaban J connectivity index is 1.55. The molecular formula is C16H22N2O3. The van der Waals surface area contributed by atoms with E-state index in [9.17, 15) is 9.90 Å². The molecule has 1 aromatic rings. The van der Waals surface area contributed by atoms with Gasteiger partial charge in [0.05, 0.1) is 6.10 Å². The van der Waals surface area contributed by atoms with E-state index in [1.54, 1.807) is 4.90 Å². The molecule has 1 amide bonds. The van der Waals surface area contributed by atoms with Gasteiger partial charge in [-0.3, -0.25) is 0 Å². The lowest BCUT2D eigenvalue weighted by Gasteiger charge is -2.38. The van der Waals surface area contributed by atoms with Crippen molar-refractivity contribution in [2.45, 2.75) is 25.6 Å². The second kappa shape index (κ2) is 6.03. The molecule has 2 aliphatic rings. The molecule has 1 spiro atoms. The summed E-state index contributed by atoms with van der Waals surface area (Å²) in [5.41, 5.74) is 0.846. The molecule has 2 heterocycles. The lowest BCUT2D eigenvalue weighted by molar-refractivity contribution is 0.00498. The van der Waals surface area contributed by atoms with Gasteiger partial charge in [-0.15, -0.1) is 0 Å². The zero-order valence-electron chi connectivity index (χ0n) is 12.1. The largest absolute Gasteiger partial charge is 0.445 e. The first-order valence-corrected chi connectivity index (χ1v) is 7.54. The third-order valence-corrected chi connectivity index (χ3v) is 4.69. The monoisotopic (exact) mass is 290 g/mol. The molecule has 2 N–H and O–H groups in total. The lowest BCUT2D eigenvalue weighted by atomic mass is 9.76. The second-order valence-electron chi connectivity index (χ2n) is 6.04. The van der Waals surface area contributed by atoms with Crippen molar-refractivity contribution >= 4 is 6.09 Å². The molecular weight excluding hydrogens is 268 g/mol. The van der Waals surface area contributed by atoms with Gasteiger partial charge in [-0.2, -0.15) is 0 Å². The van der Waals surface area contributed by atoms with E-state index in [0.29, 0.717) is 26.2 Å². The van der Waals surface area contributed by atoms with Crippen molar-refractivity contribution in [3.8, 4) is 0 Å². The minimum absolute atomic E-state index is 0.142. The third kappa shape index (κ3) is 3.04. The summed E-state index contributed by atoms with van der Waals surface area (Å²) in [7, 11) is 0. The topological polar surface area (TPSA) is 61.8 Å². The number of β-amino-alcohol motifs (C(OH)–C–C–N with tert-alkyl or cyclic N) is 1. The Kier molecular flexibility index (Phi) is 4.12. The molecule has 3 rings (SSSR count). The summed E-state index contributed by atoms with van der Waals surface area (Å²) in [4.78, 5) is 13.9. The predicted octanol–water partition coefficient (Wildman–Crippen LogP) is 1.37. The number of hydrogen-bond acceptors (Lipinski definition) is 4. The van der Waals surface area contributed by atoms with Crippen LogP contribution >= 0.6 is 0 Å². The van der Waals surface area contributed by atoms with E-state index in [4.69, 9.17) is 4.74 Å². The van der Waals surface area contributed by atoms with Gasteiger partial charge in [0.25, 0.3) is 0 Å². The minimum Gasteiger partial charge on any atom is -0.445 e. The lowest BCUT2D eigenvalue weighted by Crippen LogP contribution is -2.50. The molecule has 0 bridgehead atoms. The normalized spacial score (nSPS) is 28.8. The summed E-state index contributed by atoms with van der Waals surface area (Å²) in [5.74, 6) is 0. The number of rotatable bonds is 2. The van der Waals surface area contributed by atoms with Crippen LogP contribution in [0.15, 0.2) is 30.3 Å². The Bertz CT molecular complexity index is 494. The van der Waals surface area contributed by atoms with E-state index in [-0.39, 0.29) is 17.6 Å². The highest BCUT2D eigenvalue weighted by molar-refractivity contribution is 5.68. The number of hydrogen-bond donors (Lipinski definition) is 2. The van der Waals surface area contributed by atoms with Gasteiger partial charge in [0.1, 0.15) is 6.61 Å². The fourth-order valence-electron chi connectivity index (χ4n) is 3.30. The quantitative estimate of drug-likeness (QED) is 0.863. The van der Waals surface area contributed by atoms with Crippen molar-refractivity contribution in [1.29, 1.82) is 0 Å². The highest BCUT2D eigenvalue weighted by Crippen LogP contribution is 2.39. The van der Waals surface area contributed by atoms with Crippen LogP contribution in [0.5, 0.6) is 0 Å². The SMILES string of the molecule is O=C(OCc1ccccc1)N1CCC2(CCNCC2O)C1. The molecule has 5 heteroatoms. The summed E-state index contributed by atoms with van der Waals surface area (Å²) >= 11 is 0. The fourth-order valence-corrected chi connectivity index (χ4v) is 3.30. The number of ether oxygens (including phenoxy) is 1.